The minimum atomic E-state index is -0.116. The zero-order valence-electron chi connectivity index (χ0n) is 17.8. The molecule has 1 aliphatic carbocycles. The van der Waals surface area contributed by atoms with Crippen molar-refractivity contribution in [3.8, 4) is 0 Å². The first kappa shape index (κ1) is 21.9. The lowest BCUT2D eigenvalue weighted by atomic mass is 9.94. The summed E-state index contributed by atoms with van der Waals surface area (Å²) < 4.78 is 12.6. The lowest BCUT2D eigenvalue weighted by molar-refractivity contribution is 0.617. The topological polar surface area (TPSA) is 15.8 Å². The average Bonchev–Trinajstić information content (AvgIpc) is 3.11. The molecule has 0 fully saturated rings. The van der Waals surface area contributed by atoms with Crippen molar-refractivity contribution in [1.29, 1.82) is 0 Å². The third-order valence-electron chi connectivity index (χ3n) is 5.05. The Morgan fingerprint density at radius 1 is 0.893 bits per heavy atom. The molecule has 1 nitrogen and oxygen atoms in total. The second-order valence-electron chi connectivity index (χ2n) is 7.18. The van der Waals surface area contributed by atoms with Crippen molar-refractivity contribution < 1.29 is 4.39 Å². The predicted molar refractivity (Wildman–Crippen MR) is 121 cm³/mol. The fourth-order valence-corrected chi connectivity index (χ4v) is 3.47. The zero-order valence-corrected chi connectivity index (χ0v) is 17.8. The third kappa shape index (κ3) is 6.09. The van der Waals surface area contributed by atoms with Crippen molar-refractivity contribution in [2.24, 2.45) is 0 Å². The quantitative estimate of drug-likeness (QED) is 0.437. The molecule has 4 rings (SSSR count). The fraction of sp³-hybridized carbons (Fsp3) is 0.385. The van der Waals surface area contributed by atoms with Crippen LogP contribution in [0.2, 0.25) is 0 Å². The molecule has 0 amide bonds. The van der Waals surface area contributed by atoms with Crippen LogP contribution in [0.15, 0.2) is 54.7 Å². The maximum Gasteiger partial charge on any atom is 0.126 e. The number of halogens is 1. The van der Waals surface area contributed by atoms with Gasteiger partial charge < -0.3 is 4.98 Å². The molecule has 150 valence electrons. The van der Waals surface area contributed by atoms with Gasteiger partial charge in [-0.3, -0.25) is 0 Å². The van der Waals surface area contributed by atoms with Crippen LogP contribution in [0.5, 0.6) is 0 Å². The lowest BCUT2D eigenvalue weighted by Gasteiger charge is -2.10. The molecule has 0 saturated carbocycles. The maximum atomic E-state index is 12.6. The first-order chi connectivity index (χ1) is 13.6. The largest absolute Gasteiger partial charge is 0.361 e. The van der Waals surface area contributed by atoms with Gasteiger partial charge in [-0.2, -0.15) is 0 Å². The van der Waals surface area contributed by atoms with Gasteiger partial charge in [-0.05, 0) is 68.4 Å². The summed E-state index contributed by atoms with van der Waals surface area (Å²) in [7, 11) is 0. The fourth-order valence-electron chi connectivity index (χ4n) is 3.47. The van der Waals surface area contributed by atoms with Crippen LogP contribution in [0, 0.1) is 19.7 Å². The smallest absolute Gasteiger partial charge is 0.126 e. The molecule has 1 heterocycles. The molecule has 3 aromatic rings. The third-order valence-corrected chi connectivity index (χ3v) is 5.05. The van der Waals surface area contributed by atoms with E-state index in [4.69, 9.17) is 0 Å². The number of aromatic nitrogens is 1. The van der Waals surface area contributed by atoms with E-state index in [2.05, 4.69) is 41.5 Å². The highest BCUT2D eigenvalue weighted by atomic mass is 19.1. The molecule has 28 heavy (non-hydrogen) atoms. The van der Waals surface area contributed by atoms with E-state index in [1.165, 1.54) is 61.1 Å². The van der Waals surface area contributed by atoms with Gasteiger partial charge in [0.15, 0.2) is 0 Å². The van der Waals surface area contributed by atoms with Crippen LogP contribution in [0.1, 0.15) is 69.1 Å². The highest BCUT2D eigenvalue weighted by Gasteiger charge is 2.09. The van der Waals surface area contributed by atoms with Gasteiger partial charge in [-0.15, -0.1) is 0 Å². The van der Waals surface area contributed by atoms with Crippen molar-refractivity contribution in [2.75, 3.05) is 0 Å². The average molecular weight is 380 g/mol. The van der Waals surface area contributed by atoms with Crippen LogP contribution < -0.4 is 0 Å². The van der Waals surface area contributed by atoms with Crippen LogP contribution >= 0.6 is 0 Å². The van der Waals surface area contributed by atoms with E-state index in [0.717, 1.165) is 5.56 Å². The number of H-pyrrole nitrogens is 1. The zero-order chi connectivity index (χ0) is 20.4. The molecular weight excluding hydrogens is 345 g/mol. The number of rotatable bonds is 1. The SMILES string of the molecule is C1=C(/c2c[nH]c3ccccc23)CCCCCC/1.CC.Cc1ccc(C)c(F)c1. The number of aromatic amines is 1. The molecular formula is C26H34FN. The minimum absolute atomic E-state index is 0.116. The highest BCUT2D eigenvalue weighted by Crippen LogP contribution is 2.30. The summed E-state index contributed by atoms with van der Waals surface area (Å²) in [6.07, 6.45) is 12.6. The van der Waals surface area contributed by atoms with Gasteiger partial charge >= 0.3 is 0 Å². The minimum Gasteiger partial charge on any atom is -0.361 e. The Morgan fingerprint density at radius 3 is 2.39 bits per heavy atom. The van der Waals surface area contributed by atoms with Crippen LogP contribution in [-0.2, 0) is 0 Å². The Balaban J connectivity index is 0.000000216. The van der Waals surface area contributed by atoms with E-state index >= 15 is 0 Å². The molecule has 0 atom stereocenters. The number of para-hydroxylation sites is 1. The van der Waals surface area contributed by atoms with Crippen molar-refractivity contribution in [3.05, 3.63) is 77.2 Å². The number of hydrogen-bond acceptors (Lipinski definition) is 0. The molecule has 0 bridgehead atoms. The number of benzene rings is 2. The van der Waals surface area contributed by atoms with E-state index in [-0.39, 0.29) is 5.82 Å². The summed E-state index contributed by atoms with van der Waals surface area (Å²) in [4.78, 5) is 3.38. The van der Waals surface area contributed by atoms with Gasteiger partial charge in [0.25, 0.3) is 0 Å². The first-order valence-electron chi connectivity index (χ1n) is 10.6. The molecule has 0 aliphatic heterocycles. The Kier molecular flexibility index (Phi) is 9.00. The van der Waals surface area contributed by atoms with E-state index < -0.39 is 0 Å². The molecule has 0 unspecified atom stereocenters. The van der Waals surface area contributed by atoms with Crippen LogP contribution in [0.4, 0.5) is 4.39 Å². The Hall–Kier alpha value is -2.35. The first-order valence-corrected chi connectivity index (χ1v) is 10.6. The van der Waals surface area contributed by atoms with E-state index in [9.17, 15) is 4.39 Å². The molecule has 2 aromatic carbocycles. The number of fused-ring (bicyclic) bond motifs is 1. The summed E-state index contributed by atoms with van der Waals surface area (Å²) >= 11 is 0. The number of aryl methyl sites for hydroxylation is 2. The Labute approximate surface area is 169 Å². The second-order valence-corrected chi connectivity index (χ2v) is 7.18. The molecule has 1 aliphatic rings. The van der Waals surface area contributed by atoms with Crippen molar-refractivity contribution in [1.82, 2.24) is 4.98 Å². The molecule has 0 saturated heterocycles. The normalized spacial score (nSPS) is 15.8. The molecule has 0 spiro atoms. The summed E-state index contributed by atoms with van der Waals surface area (Å²) in [5, 5.41) is 1.37. The van der Waals surface area contributed by atoms with Gasteiger partial charge in [-0.1, -0.05) is 63.1 Å². The van der Waals surface area contributed by atoms with Crippen molar-refractivity contribution in [3.63, 3.8) is 0 Å². The van der Waals surface area contributed by atoms with Gasteiger partial charge in [0.05, 0.1) is 0 Å². The number of allylic oxidation sites excluding steroid dienone is 2. The predicted octanol–water partition coefficient (Wildman–Crippen LogP) is 8.37. The summed E-state index contributed by atoms with van der Waals surface area (Å²) in [5.74, 6) is -0.116. The van der Waals surface area contributed by atoms with Gasteiger partial charge in [0.1, 0.15) is 5.82 Å². The lowest BCUT2D eigenvalue weighted by Crippen LogP contribution is -1.89. The van der Waals surface area contributed by atoms with Gasteiger partial charge in [-0.25, -0.2) is 4.39 Å². The number of hydrogen-bond donors (Lipinski definition) is 1. The molecule has 1 N–H and O–H groups in total. The van der Waals surface area contributed by atoms with Crippen LogP contribution in [-0.4, -0.2) is 4.98 Å². The van der Waals surface area contributed by atoms with Crippen LogP contribution in [0.25, 0.3) is 16.5 Å². The monoisotopic (exact) mass is 379 g/mol. The highest BCUT2D eigenvalue weighted by molar-refractivity contribution is 5.92. The Bertz CT molecular complexity index is 888. The van der Waals surface area contributed by atoms with E-state index in [0.29, 0.717) is 5.56 Å². The molecule has 1 aromatic heterocycles. The maximum absolute atomic E-state index is 12.6. The van der Waals surface area contributed by atoms with Crippen molar-refractivity contribution >= 4 is 16.5 Å². The van der Waals surface area contributed by atoms with E-state index in [1.807, 2.05) is 26.8 Å². The standard InChI is InChI=1S/C16H19N.C8H9F.C2H6/c1-2-4-8-13(9-5-3-1)15-12-17-16-11-7-6-10-14(15)16;1-6-3-4-7(2)8(9)5-6;1-2/h6-8,10-12,17H,1-5,9H2;3-5H,1-2H3;1-2H3/b13-8+;;. The number of nitrogens with one attached hydrogen (secondary N) is 1. The molecule has 0 radical (unpaired) electrons. The Morgan fingerprint density at radius 2 is 1.64 bits per heavy atom. The second kappa shape index (κ2) is 11.5. The van der Waals surface area contributed by atoms with Gasteiger partial charge in [0.2, 0.25) is 0 Å². The van der Waals surface area contributed by atoms with Gasteiger partial charge in [0, 0.05) is 22.7 Å². The summed E-state index contributed by atoms with van der Waals surface area (Å²) in [6.45, 7) is 7.64. The summed E-state index contributed by atoms with van der Waals surface area (Å²) in [5.41, 5.74) is 5.90. The summed E-state index contributed by atoms with van der Waals surface area (Å²) in [6, 6.07) is 13.8. The van der Waals surface area contributed by atoms with E-state index in [1.54, 1.807) is 18.6 Å². The van der Waals surface area contributed by atoms with Crippen molar-refractivity contribution in [2.45, 2.75) is 66.2 Å². The molecule has 2 heteroatoms. The van der Waals surface area contributed by atoms with Crippen LogP contribution in [0.3, 0.4) is 0 Å².